The van der Waals surface area contributed by atoms with Gasteiger partial charge in [0, 0.05) is 11.1 Å². The molecule has 0 aliphatic heterocycles. The Labute approximate surface area is 136 Å². The average Bonchev–Trinajstić information content (AvgIpc) is 2.90. The Bertz CT molecular complexity index is 792. The molecule has 0 aliphatic rings. The number of benzene rings is 1. The second-order valence-corrected chi connectivity index (χ2v) is 5.88. The Morgan fingerprint density at radius 1 is 1.09 bits per heavy atom. The highest BCUT2D eigenvalue weighted by atomic mass is 35.5. The zero-order valence-corrected chi connectivity index (χ0v) is 13.8. The minimum absolute atomic E-state index is 0.516. The first-order valence-electron chi connectivity index (χ1n) is 7.85. The van der Waals surface area contributed by atoms with Crippen molar-refractivity contribution in [3.05, 3.63) is 53.2 Å². The Balaban J connectivity index is 2.23. The summed E-state index contributed by atoms with van der Waals surface area (Å²) in [5, 5.41) is 2.72. The van der Waals surface area contributed by atoms with E-state index in [1.165, 1.54) is 11.4 Å². The SMILES string of the molecule is CCCc1ncn(-c2nc(Cl)cc3ccccc23)c1CCC. The molecule has 3 rings (SSSR count). The molecule has 0 saturated carbocycles. The van der Waals surface area contributed by atoms with Gasteiger partial charge in [0.15, 0.2) is 0 Å². The van der Waals surface area contributed by atoms with Crippen molar-refractivity contribution in [2.75, 3.05) is 0 Å². The molecule has 0 unspecified atom stereocenters. The number of aromatic nitrogens is 3. The van der Waals surface area contributed by atoms with Crippen molar-refractivity contribution in [1.82, 2.24) is 14.5 Å². The highest BCUT2D eigenvalue weighted by Gasteiger charge is 2.14. The number of hydrogen-bond acceptors (Lipinski definition) is 2. The van der Waals surface area contributed by atoms with Crippen molar-refractivity contribution < 1.29 is 0 Å². The third-order valence-corrected chi connectivity index (χ3v) is 4.04. The summed E-state index contributed by atoms with van der Waals surface area (Å²) < 4.78 is 2.11. The van der Waals surface area contributed by atoms with Crippen LogP contribution in [-0.2, 0) is 12.8 Å². The van der Waals surface area contributed by atoms with Gasteiger partial charge in [-0.25, -0.2) is 9.97 Å². The van der Waals surface area contributed by atoms with E-state index in [9.17, 15) is 0 Å². The van der Waals surface area contributed by atoms with Crippen LogP contribution in [0.25, 0.3) is 16.6 Å². The molecule has 0 aliphatic carbocycles. The van der Waals surface area contributed by atoms with Crippen LogP contribution in [0.3, 0.4) is 0 Å². The number of halogens is 1. The number of imidazole rings is 1. The van der Waals surface area contributed by atoms with Crippen molar-refractivity contribution >= 4 is 22.4 Å². The van der Waals surface area contributed by atoms with E-state index < -0.39 is 0 Å². The first kappa shape index (κ1) is 15.0. The van der Waals surface area contributed by atoms with Gasteiger partial charge in [-0.05, 0) is 24.3 Å². The van der Waals surface area contributed by atoms with E-state index in [2.05, 4.69) is 40.5 Å². The van der Waals surface area contributed by atoms with Gasteiger partial charge in [0.1, 0.15) is 17.3 Å². The lowest BCUT2D eigenvalue weighted by Gasteiger charge is -2.11. The lowest BCUT2D eigenvalue weighted by Crippen LogP contribution is -2.04. The predicted octanol–water partition coefficient (Wildman–Crippen LogP) is 4.98. The van der Waals surface area contributed by atoms with Crippen LogP contribution in [0.2, 0.25) is 5.15 Å². The van der Waals surface area contributed by atoms with Crippen LogP contribution >= 0.6 is 11.6 Å². The number of rotatable bonds is 5. The lowest BCUT2D eigenvalue weighted by molar-refractivity contribution is 0.800. The van der Waals surface area contributed by atoms with E-state index in [0.717, 1.165) is 42.3 Å². The first-order chi connectivity index (χ1) is 10.7. The van der Waals surface area contributed by atoms with Crippen LogP contribution in [0.1, 0.15) is 38.1 Å². The zero-order valence-electron chi connectivity index (χ0n) is 13.0. The van der Waals surface area contributed by atoms with E-state index in [4.69, 9.17) is 11.6 Å². The molecule has 0 bridgehead atoms. The van der Waals surface area contributed by atoms with Gasteiger partial charge in [0.05, 0.1) is 5.69 Å². The van der Waals surface area contributed by atoms with Crippen LogP contribution in [0.15, 0.2) is 36.7 Å². The highest BCUT2D eigenvalue weighted by Crippen LogP contribution is 2.26. The summed E-state index contributed by atoms with van der Waals surface area (Å²) in [6.07, 6.45) is 6.07. The predicted molar refractivity (Wildman–Crippen MR) is 91.9 cm³/mol. The third-order valence-electron chi connectivity index (χ3n) is 3.84. The summed E-state index contributed by atoms with van der Waals surface area (Å²) in [4.78, 5) is 9.19. The molecule has 0 atom stereocenters. The fourth-order valence-corrected chi connectivity index (χ4v) is 3.07. The Hall–Kier alpha value is -1.87. The van der Waals surface area contributed by atoms with Crippen molar-refractivity contribution in [2.45, 2.75) is 39.5 Å². The van der Waals surface area contributed by atoms with Gasteiger partial charge in [-0.15, -0.1) is 0 Å². The molecule has 0 saturated heterocycles. The van der Waals surface area contributed by atoms with Crippen LogP contribution in [0, 0.1) is 0 Å². The average molecular weight is 314 g/mol. The Kier molecular flexibility index (Phi) is 4.44. The van der Waals surface area contributed by atoms with Crippen molar-refractivity contribution in [3.63, 3.8) is 0 Å². The standard InChI is InChI=1S/C18H20ClN3/c1-3-7-15-16(8-4-2)22(12-20-15)18-14-10-6-5-9-13(14)11-17(19)21-18/h5-6,9-12H,3-4,7-8H2,1-2H3. The van der Waals surface area contributed by atoms with Crippen molar-refractivity contribution in [1.29, 1.82) is 0 Å². The summed E-state index contributed by atoms with van der Waals surface area (Å²) in [7, 11) is 0. The number of hydrogen-bond donors (Lipinski definition) is 0. The molecule has 0 radical (unpaired) electrons. The smallest absolute Gasteiger partial charge is 0.147 e. The van der Waals surface area contributed by atoms with E-state index in [1.54, 1.807) is 0 Å². The maximum Gasteiger partial charge on any atom is 0.147 e. The van der Waals surface area contributed by atoms with Gasteiger partial charge < -0.3 is 0 Å². The maximum absolute atomic E-state index is 6.23. The van der Waals surface area contributed by atoms with E-state index >= 15 is 0 Å². The fourth-order valence-electron chi connectivity index (χ4n) is 2.87. The van der Waals surface area contributed by atoms with Gasteiger partial charge >= 0.3 is 0 Å². The van der Waals surface area contributed by atoms with Crippen LogP contribution < -0.4 is 0 Å². The second kappa shape index (κ2) is 6.49. The molecule has 22 heavy (non-hydrogen) atoms. The quantitative estimate of drug-likeness (QED) is 0.622. The minimum Gasteiger partial charge on any atom is -0.287 e. The summed E-state index contributed by atoms with van der Waals surface area (Å²) >= 11 is 6.23. The van der Waals surface area contributed by atoms with E-state index in [0.29, 0.717) is 5.15 Å². The first-order valence-corrected chi connectivity index (χ1v) is 8.23. The van der Waals surface area contributed by atoms with Crippen LogP contribution in [0.4, 0.5) is 0 Å². The number of fused-ring (bicyclic) bond motifs is 1. The summed E-state index contributed by atoms with van der Waals surface area (Å²) in [6.45, 7) is 4.37. The molecule has 1 aromatic carbocycles. The van der Waals surface area contributed by atoms with Crippen LogP contribution in [-0.4, -0.2) is 14.5 Å². The molecule has 0 N–H and O–H groups in total. The van der Waals surface area contributed by atoms with Crippen molar-refractivity contribution in [3.8, 4) is 5.82 Å². The Morgan fingerprint density at radius 2 is 1.86 bits per heavy atom. The number of pyridine rings is 1. The van der Waals surface area contributed by atoms with Crippen molar-refractivity contribution in [2.24, 2.45) is 0 Å². The van der Waals surface area contributed by atoms with Crippen LogP contribution in [0.5, 0.6) is 0 Å². The highest BCUT2D eigenvalue weighted by molar-refractivity contribution is 6.30. The maximum atomic E-state index is 6.23. The molecule has 2 heterocycles. The monoisotopic (exact) mass is 313 g/mol. The third kappa shape index (κ3) is 2.73. The number of nitrogens with zero attached hydrogens (tertiary/aromatic N) is 3. The molecule has 0 fully saturated rings. The molecule has 114 valence electrons. The minimum atomic E-state index is 0.516. The van der Waals surface area contributed by atoms with Gasteiger partial charge in [-0.2, -0.15) is 0 Å². The summed E-state index contributed by atoms with van der Waals surface area (Å²) in [6, 6.07) is 10.1. The zero-order chi connectivity index (χ0) is 15.5. The number of aryl methyl sites for hydroxylation is 1. The van der Waals surface area contributed by atoms with Gasteiger partial charge in [-0.3, -0.25) is 4.57 Å². The van der Waals surface area contributed by atoms with E-state index in [-0.39, 0.29) is 0 Å². The normalized spacial score (nSPS) is 11.2. The molecule has 4 heteroatoms. The molecule has 3 nitrogen and oxygen atoms in total. The summed E-state index contributed by atoms with van der Waals surface area (Å²) in [5.74, 6) is 0.876. The van der Waals surface area contributed by atoms with Gasteiger partial charge in [-0.1, -0.05) is 62.6 Å². The largest absolute Gasteiger partial charge is 0.287 e. The molecule has 0 amide bonds. The molecule has 3 aromatic rings. The molecule has 0 spiro atoms. The Morgan fingerprint density at radius 3 is 2.64 bits per heavy atom. The second-order valence-electron chi connectivity index (χ2n) is 5.50. The van der Waals surface area contributed by atoms with Gasteiger partial charge in [0.2, 0.25) is 0 Å². The van der Waals surface area contributed by atoms with E-state index in [1.807, 2.05) is 24.5 Å². The molecule has 2 aromatic heterocycles. The topological polar surface area (TPSA) is 30.7 Å². The molecular formula is C18H20ClN3. The summed E-state index contributed by atoms with van der Waals surface area (Å²) in [5.41, 5.74) is 2.43. The molecular weight excluding hydrogens is 294 g/mol. The van der Waals surface area contributed by atoms with Gasteiger partial charge in [0.25, 0.3) is 0 Å². The fraction of sp³-hybridized carbons (Fsp3) is 0.333. The lowest BCUT2D eigenvalue weighted by atomic mass is 10.1.